The van der Waals surface area contributed by atoms with Gasteiger partial charge in [0.25, 0.3) is 0 Å². The van der Waals surface area contributed by atoms with Gasteiger partial charge in [0.1, 0.15) is 0 Å². The summed E-state index contributed by atoms with van der Waals surface area (Å²) in [4.78, 5) is 19.1. The third-order valence-electron chi connectivity index (χ3n) is 5.70. The summed E-state index contributed by atoms with van der Waals surface area (Å²) < 4.78 is 0. The summed E-state index contributed by atoms with van der Waals surface area (Å²) in [7, 11) is 0. The summed E-state index contributed by atoms with van der Waals surface area (Å²) in [6.07, 6.45) is 2.25. The van der Waals surface area contributed by atoms with Gasteiger partial charge in [-0.25, -0.2) is 0 Å². The number of hydrogen-bond donors (Lipinski definition) is 1. The van der Waals surface area contributed by atoms with Gasteiger partial charge in [0, 0.05) is 38.6 Å². The highest BCUT2D eigenvalue weighted by Crippen LogP contribution is 2.46. The maximum Gasteiger partial charge on any atom is 0.236 e. The molecule has 0 radical (unpaired) electrons. The molecule has 5 heteroatoms. The summed E-state index contributed by atoms with van der Waals surface area (Å²) >= 11 is 0. The van der Waals surface area contributed by atoms with E-state index in [1.165, 1.54) is 0 Å². The molecule has 3 aliphatic rings. The van der Waals surface area contributed by atoms with E-state index in [4.69, 9.17) is 0 Å². The molecular weight excluding hydrogens is 266 g/mol. The highest BCUT2D eigenvalue weighted by atomic mass is 16.3. The summed E-state index contributed by atoms with van der Waals surface area (Å²) in [5.41, 5.74) is -0.615. The Morgan fingerprint density at radius 3 is 2.38 bits per heavy atom. The maximum atomic E-state index is 12.5. The Morgan fingerprint density at radius 1 is 1.19 bits per heavy atom. The lowest BCUT2D eigenvalue weighted by Gasteiger charge is -2.34. The molecule has 0 bridgehead atoms. The second-order valence-corrected chi connectivity index (χ2v) is 7.15. The zero-order valence-corrected chi connectivity index (χ0v) is 13.4. The van der Waals surface area contributed by atoms with Crippen LogP contribution in [-0.4, -0.2) is 83.7 Å². The third kappa shape index (κ3) is 3.10. The molecule has 2 heterocycles. The molecule has 3 rings (SSSR count). The zero-order chi connectivity index (χ0) is 15.0. The van der Waals surface area contributed by atoms with Gasteiger partial charge in [0.2, 0.25) is 5.91 Å². The number of amides is 1. The minimum absolute atomic E-state index is 0.198. The molecular formula is C16H29N3O2. The van der Waals surface area contributed by atoms with Crippen molar-refractivity contribution in [3.05, 3.63) is 0 Å². The van der Waals surface area contributed by atoms with Crippen LogP contribution in [0, 0.1) is 11.8 Å². The Bertz CT molecular complexity index is 391. The zero-order valence-electron chi connectivity index (χ0n) is 13.4. The van der Waals surface area contributed by atoms with Crippen LogP contribution in [0.25, 0.3) is 0 Å². The lowest BCUT2D eigenvalue weighted by molar-refractivity contribution is -0.133. The van der Waals surface area contributed by atoms with Crippen molar-refractivity contribution in [2.45, 2.75) is 32.3 Å². The minimum atomic E-state index is -0.615. The van der Waals surface area contributed by atoms with Crippen LogP contribution in [0.4, 0.5) is 0 Å². The first-order valence-electron chi connectivity index (χ1n) is 8.47. The summed E-state index contributed by atoms with van der Waals surface area (Å²) in [6, 6.07) is 0. The van der Waals surface area contributed by atoms with Crippen molar-refractivity contribution in [2.75, 3.05) is 52.4 Å². The van der Waals surface area contributed by atoms with Crippen LogP contribution in [0.2, 0.25) is 0 Å². The van der Waals surface area contributed by atoms with E-state index in [1.54, 1.807) is 0 Å². The van der Waals surface area contributed by atoms with Gasteiger partial charge < -0.3 is 14.9 Å². The molecule has 0 aromatic rings. The van der Waals surface area contributed by atoms with Crippen molar-refractivity contribution in [1.82, 2.24) is 14.7 Å². The normalized spacial score (nSPS) is 35.4. The highest BCUT2D eigenvalue weighted by Gasteiger charge is 2.53. The molecule has 2 atom stereocenters. The van der Waals surface area contributed by atoms with Crippen molar-refractivity contribution in [3.63, 3.8) is 0 Å². The molecule has 5 nitrogen and oxygen atoms in total. The van der Waals surface area contributed by atoms with E-state index in [0.29, 0.717) is 19.0 Å². The standard InChI is InChI=1S/C16H29N3O2/c1-3-17-6-8-18(9-7-17)11-15(20)19-10-13(2)16(21,12-19)14-4-5-14/h13-14,21H,3-12H2,1-2H3/t13-,16+/m1/s1. The molecule has 3 fully saturated rings. The first-order chi connectivity index (χ1) is 10.0. The first-order valence-corrected chi connectivity index (χ1v) is 8.47. The molecule has 2 aliphatic heterocycles. The van der Waals surface area contributed by atoms with Crippen molar-refractivity contribution in [3.8, 4) is 0 Å². The molecule has 0 unspecified atom stereocenters. The Labute approximate surface area is 127 Å². The Morgan fingerprint density at radius 2 is 1.81 bits per heavy atom. The molecule has 1 saturated carbocycles. The van der Waals surface area contributed by atoms with Crippen LogP contribution in [0.1, 0.15) is 26.7 Å². The lowest BCUT2D eigenvalue weighted by atomic mass is 9.88. The van der Waals surface area contributed by atoms with Gasteiger partial charge in [-0.15, -0.1) is 0 Å². The van der Waals surface area contributed by atoms with Gasteiger partial charge in [-0.3, -0.25) is 9.69 Å². The Hall–Kier alpha value is -0.650. The molecule has 0 spiro atoms. The average Bonchev–Trinajstić information content (AvgIpc) is 3.28. The fourth-order valence-corrected chi connectivity index (χ4v) is 3.87. The number of piperazine rings is 1. The minimum Gasteiger partial charge on any atom is -0.387 e. The number of carbonyl (C=O) groups excluding carboxylic acids is 1. The van der Waals surface area contributed by atoms with Gasteiger partial charge in [-0.05, 0) is 25.3 Å². The molecule has 2 saturated heterocycles. The lowest BCUT2D eigenvalue weighted by Crippen LogP contribution is -2.50. The molecule has 1 N–H and O–H groups in total. The highest BCUT2D eigenvalue weighted by molar-refractivity contribution is 5.78. The van der Waals surface area contributed by atoms with E-state index >= 15 is 0 Å². The number of carbonyl (C=O) groups is 1. The molecule has 0 aromatic carbocycles. The predicted molar refractivity (Wildman–Crippen MR) is 82.0 cm³/mol. The fraction of sp³-hybridized carbons (Fsp3) is 0.938. The third-order valence-corrected chi connectivity index (χ3v) is 5.70. The Kier molecular flexibility index (Phi) is 4.26. The van der Waals surface area contributed by atoms with Gasteiger partial charge in [-0.2, -0.15) is 0 Å². The number of likely N-dealkylation sites (N-methyl/N-ethyl adjacent to an activating group) is 1. The number of rotatable bonds is 4. The SMILES string of the molecule is CCN1CCN(CC(=O)N2C[C@@H](C)[C@](O)(C3CC3)C2)CC1. The quantitative estimate of drug-likeness (QED) is 0.807. The van der Waals surface area contributed by atoms with Crippen LogP contribution in [-0.2, 0) is 4.79 Å². The van der Waals surface area contributed by atoms with E-state index in [-0.39, 0.29) is 11.8 Å². The van der Waals surface area contributed by atoms with E-state index < -0.39 is 5.60 Å². The summed E-state index contributed by atoms with van der Waals surface area (Å²) in [5.74, 6) is 0.840. The molecule has 1 amide bonds. The van der Waals surface area contributed by atoms with Crippen LogP contribution in [0.3, 0.4) is 0 Å². The molecule has 120 valence electrons. The van der Waals surface area contributed by atoms with Gasteiger partial charge in [0.15, 0.2) is 0 Å². The van der Waals surface area contributed by atoms with Crippen molar-refractivity contribution in [2.24, 2.45) is 11.8 Å². The fourth-order valence-electron chi connectivity index (χ4n) is 3.87. The average molecular weight is 295 g/mol. The summed E-state index contributed by atoms with van der Waals surface area (Å²) in [5, 5.41) is 10.8. The Balaban J connectivity index is 1.50. The van der Waals surface area contributed by atoms with Gasteiger partial charge >= 0.3 is 0 Å². The number of β-amino-alcohol motifs (C(OH)–C–C–N with tert-alkyl or cyclic N) is 1. The van der Waals surface area contributed by atoms with E-state index in [0.717, 1.165) is 52.1 Å². The number of nitrogens with zero attached hydrogens (tertiary/aromatic N) is 3. The van der Waals surface area contributed by atoms with E-state index in [1.807, 2.05) is 4.90 Å². The van der Waals surface area contributed by atoms with Crippen LogP contribution < -0.4 is 0 Å². The van der Waals surface area contributed by atoms with Gasteiger partial charge in [0.05, 0.1) is 18.7 Å². The van der Waals surface area contributed by atoms with Crippen molar-refractivity contribution in [1.29, 1.82) is 0 Å². The van der Waals surface area contributed by atoms with Crippen molar-refractivity contribution < 1.29 is 9.90 Å². The molecule has 0 aromatic heterocycles. The smallest absolute Gasteiger partial charge is 0.236 e. The monoisotopic (exact) mass is 295 g/mol. The summed E-state index contributed by atoms with van der Waals surface area (Å²) in [6.45, 7) is 11.2. The molecule has 1 aliphatic carbocycles. The first kappa shape index (κ1) is 15.3. The predicted octanol–water partition coefficient (Wildman–Crippen LogP) is 0.243. The maximum absolute atomic E-state index is 12.5. The van der Waals surface area contributed by atoms with Crippen LogP contribution in [0.15, 0.2) is 0 Å². The van der Waals surface area contributed by atoms with Crippen molar-refractivity contribution >= 4 is 5.91 Å². The number of aliphatic hydroxyl groups is 1. The molecule has 21 heavy (non-hydrogen) atoms. The largest absolute Gasteiger partial charge is 0.387 e. The second-order valence-electron chi connectivity index (χ2n) is 7.15. The van der Waals surface area contributed by atoms with E-state index in [9.17, 15) is 9.90 Å². The van der Waals surface area contributed by atoms with E-state index in [2.05, 4.69) is 23.6 Å². The second kappa shape index (κ2) is 5.86. The number of hydrogen-bond acceptors (Lipinski definition) is 4. The van der Waals surface area contributed by atoms with Gasteiger partial charge in [-0.1, -0.05) is 13.8 Å². The van der Waals surface area contributed by atoms with Crippen LogP contribution >= 0.6 is 0 Å². The van der Waals surface area contributed by atoms with Crippen LogP contribution in [0.5, 0.6) is 0 Å². The number of likely N-dealkylation sites (tertiary alicyclic amines) is 1. The topological polar surface area (TPSA) is 47.0 Å².